The molecule has 0 atom stereocenters. The third-order valence-corrected chi connectivity index (χ3v) is 5.69. The lowest BCUT2D eigenvalue weighted by Gasteiger charge is -2.22. The van der Waals surface area contributed by atoms with Crippen LogP contribution < -0.4 is 10.3 Å². The van der Waals surface area contributed by atoms with Crippen molar-refractivity contribution in [2.45, 2.75) is 66.2 Å². The number of nitrogens with one attached hydrogen (secondary N) is 1. The third kappa shape index (κ3) is 5.40. The van der Waals surface area contributed by atoms with Gasteiger partial charge in [0, 0.05) is 23.2 Å². The number of allylic oxidation sites excluding steroid dienone is 4. The molecule has 3 heteroatoms. The van der Waals surface area contributed by atoms with Gasteiger partial charge in [0.15, 0.2) is 5.75 Å². The largest absolute Gasteiger partial charge is 0.381 e. The molecule has 0 bridgehead atoms. The summed E-state index contributed by atoms with van der Waals surface area (Å²) in [4.78, 5) is 10.7. The first-order valence-electron chi connectivity index (χ1n) is 11.3. The minimum atomic E-state index is 0.0549. The SMILES string of the molecule is C/C=C\C=C(\C)c1cc(C(C)(C)C)ccc1NOc1ccnc2ccc(C(C)(C)C)cc12. The Labute approximate surface area is 193 Å². The van der Waals surface area contributed by atoms with Gasteiger partial charge in [0.05, 0.1) is 11.2 Å². The molecule has 3 nitrogen and oxygen atoms in total. The molecular formula is C29H36N2O. The van der Waals surface area contributed by atoms with Crippen LogP contribution >= 0.6 is 0 Å². The maximum atomic E-state index is 6.16. The van der Waals surface area contributed by atoms with E-state index in [2.05, 4.69) is 107 Å². The fraction of sp³-hybridized carbons (Fsp3) is 0.345. The molecule has 1 aromatic heterocycles. The summed E-state index contributed by atoms with van der Waals surface area (Å²) in [5.74, 6) is 0.766. The van der Waals surface area contributed by atoms with E-state index in [-0.39, 0.29) is 10.8 Å². The van der Waals surface area contributed by atoms with Crippen LogP contribution in [0.15, 0.2) is 66.9 Å². The van der Waals surface area contributed by atoms with Gasteiger partial charge in [-0.1, -0.05) is 71.9 Å². The highest BCUT2D eigenvalue weighted by Gasteiger charge is 2.18. The first-order valence-corrected chi connectivity index (χ1v) is 11.3. The van der Waals surface area contributed by atoms with Crippen LogP contribution in [0.1, 0.15) is 72.1 Å². The second-order valence-electron chi connectivity index (χ2n) is 10.4. The van der Waals surface area contributed by atoms with Gasteiger partial charge in [0.25, 0.3) is 0 Å². The van der Waals surface area contributed by atoms with Gasteiger partial charge < -0.3 is 4.84 Å². The minimum Gasteiger partial charge on any atom is -0.381 e. The van der Waals surface area contributed by atoms with Crippen molar-refractivity contribution < 1.29 is 4.84 Å². The van der Waals surface area contributed by atoms with Crippen molar-refractivity contribution in [1.29, 1.82) is 0 Å². The lowest BCUT2D eigenvalue weighted by atomic mass is 9.85. The standard InChI is InChI=1S/C29H36N2O/c1-9-10-11-20(2)23-18-21(28(3,4)5)13-15-26(23)31-32-27-16-17-30-25-14-12-22(19-24(25)27)29(6,7)8/h9-19,31H,1-8H3/b10-9-,20-11-. The normalized spacial score (nSPS) is 13.1. The molecule has 2 aromatic carbocycles. The number of benzene rings is 2. The number of pyridine rings is 1. The highest BCUT2D eigenvalue weighted by molar-refractivity contribution is 5.86. The average molecular weight is 429 g/mol. The Bertz CT molecular complexity index is 1160. The Hall–Kier alpha value is -3.07. The molecule has 0 aliphatic carbocycles. The summed E-state index contributed by atoms with van der Waals surface area (Å²) in [5.41, 5.74) is 10.1. The molecule has 168 valence electrons. The van der Waals surface area contributed by atoms with Gasteiger partial charge in [-0.2, -0.15) is 0 Å². The number of nitrogens with zero attached hydrogens (tertiary/aromatic N) is 1. The van der Waals surface area contributed by atoms with Gasteiger partial charge in [-0.25, -0.2) is 5.48 Å². The Morgan fingerprint density at radius 2 is 1.56 bits per heavy atom. The summed E-state index contributed by atoms with van der Waals surface area (Å²) < 4.78 is 0. The summed E-state index contributed by atoms with van der Waals surface area (Å²) >= 11 is 0. The van der Waals surface area contributed by atoms with Crippen molar-refractivity contribution >= 4 is 22.2 Å². The molecule has 0 spiro atoms. The summed E-state index contributed by atoms with van der Waals surface area (Å²) in [6.07, 6.45) is 8.02. The molecule has 0 saturated carbocycles. The van der Waals surface area contributed by atoms with E-state index in [9.17, 15) is 0 Å². The van der Waals surface area contributed by atoms with Crippen molar-refractivity contribution in [2.75, 3.05) is 5.48 Å². The fourth-order valence-corrected chi connectivity index (χ4v) is 3.54. The smallest absolute Gasteiger partial charge is 0.165 e. The second-order valence-corrected chi connectivity index (χ2v) is 10.4. The highest BCUT2D eigenvalue weighted by Crippen LogP contribution is 2.33. The quantitative estimate of drug-likeness (QED) is 0.328. The highest BCUT2D eigenvalue weighted by atomic mass is 16.6. The fourth-order valence-electron chi connectivity index (χ4n) is 3.54. The van der Waals surface area contributed by atoms with Crippen LogP contribution in [0, 0.1) is 0 Å². The first kappa shape index (κ1) is 23.6. The third-order valence-electron chi connectivity index (χ3n) is 5.69. The molecule has 0 radical (unpaired) electrons. The van der Waals surface area contributed by atoms with Crippen LogP contribution in [0.25, 0.3) is 16.5 Å². The molecule has 32 heavy (non-hydrogen) atoms. The zero-order chi connectivity index (χ0) is 23.5. The number of fused-ring (bicyclic) bond motifs is 1. The van der Waals surface area contributed by atoms with E-state index in [0.29, 0.717) is 0 Å². The number of hydrogen-bond acceptors (Lipinski definition) is 3. The van der Waals surface area contributed by atoms with Crippen molar-refractivity contribution in [1.82, 2.24) is 4.98 Å². The van der Waals surface area contributed by atoms with E-state index in [4.69, 9.17) is 4.84 Å². The van der Waals surface area contributed by atoms with Gasteiger partial charge in [-0.05, 0) is 65.6 Å². The van der Waals surface area contributed by atoms with E-state index < -0.39 is 0 Å². The lowest BCUT2D eigenvalue weighted by molar-refractivity contribution is 0.409. The molecule has 0 aliphatic rings. The summed E-state index contributed by atoms with van der Waals surface area (Å²) in [7, 11) is 0. The van der Waals surface area contributed by atoms with Gasteiger partial charge in [0.2, 0.25) is 0 Å². The van der Waals surface area contributed by atoms with Crippen molar-refractivity contribution in [2.24, 2.45) is 0 Å². The van der Waals surface area contributed by atoms with E-state index in [1.54, 1.807) is 6.20 Å². The van der Waals surface area contributed by atoms with Gasteiger partial charge >= 0.3 is 0 Å². The zero-order valence-electron chi connectivity index (χ0n) is 20.7. The van der Waals surface area contributed by atoms with Gasteiger partial charge in [-0.3, -0.25) is 4.98 Å². The Morgan fingerprint density at radius 1 is 0.906 bits per heavy atom. The van der Waals surface area contributed by atoms with Crippen molar-refractivity contribution in [3.63, 3.8) is 0 Å². The zero-order valence-corrected chi connectivity index (χ0v) is 20.7. The Morgan fingerprint density at radius 3 is 2.22 bits per heavy atom. The molecule has 1 heterocycles. The van der Waals surface area contributed by atoms with Crippen LogP contribution in [0.4, 0.5) is 5.69 Å². The van der Waals surface area contributed by atoms with Crippen LogP contribution in [0.5, 0.6) is 5.75 Å². The summed E-state index contributed by atoms with van der Waals surface area (Å²) in [5, 5.41) is 1.00. The monoisotopic (exact) mass is 428 g/mol. The number of rotatable bonds is 5. The van der Waals surface area contributed by atoms with Crippen LogP contribution in [-0.4, -0.2) is 4.98 Å². The predicted octanol–water partition coefficient (Wildman–Crippen LogP) is 8.22. The van der Waals surface area contributed by atoms with Crippen LogP contribution in [-0.2, 0) is 10.8 Å². The van der Waals surface area contributed by atoms with E-state index in [0.717, 1.165) is 27.9 Å². The Balaban J connectivity index is 2.00. The molecule has 3 aromatic rings. The van der Waals surface area contributed by atoms with E-state index >= 15 is 0 Å². The van der Waals surface area contributed by atoms with Crippen LogP contribution in [0.3, 0.4) is 0 Å². The van der Waals surface area contributed by atoms with Crippen LogP contribution in [0.2, 0.25) is 0 Å². The number of hydrogen-bond donors (Lipinski definition) is 1. The molecular weight excluding hydrogens is 392 g/mol. The molecule has 0 saturated heterocycles. The van der Waals surface area contributed by atoms with Crippen molar-refractivity contribution in [3.05, 3.63) is 83.6 Å². The van der Waals surface area contributed by atoms with Gasteiger partial charge in [-0.15, -0.1) is 0 Å². The maximum Gasteiger partial charge on any atom is 0.165 e. The second kappa shape index (κ2) is 9.20. The number of aromatic nitrogens is 1. The molecule has 0 unspecified atom stereocenters. The molecule has 0 aliphatic heterocycles. The molecule has 0 amide bonds. The first-order chi connectivity index (χ1) is 15.0. The molecule has 1 N–H and O–H groups in total. The lowest BCUT2D eigenvalue weighted by Crippen LogP contribution is -2.13. The minimum absolute atomic E-state index is 0.0549. The van der Waals surface area contributed by atoms with Gasteiger partial charge in [0.1, 0.15) is 0 Å². The van der Waals surface area contributed by atoms with E-state index in [1.807, 2.05) is 19.1 Å². The maximum absolute atomic E-state index is 6.16. The summed E-state index contributed by atoms with van der Waals surface area (Å²) in [6.45, 7) is 17.5. The summed E-state index contributed by atoms with van der Waals surface area (Å²) in [6, 6.07) is 14.8. The Kier molecular flexibility index (Phi) is 6.78. The molecule has 3 rings (SSSR count). The topological polar surface area (TPSA) is 34.1 Å². The van der Waals surface area contributed by atoms with Crippen molar-refractivity contribution in [3.8, 4) is 5.75 Å². The molecule has 0 fully saturated rings. The average Bonchev–Trinajstić information content (AvgIpc) is 2.74. The predicted molar refractivity (Wildman–Crippen MR) is 138 cm³/mol. The van der Waals surface area contributed by atoms with E-state index in [1.165, 1.54) is 16.7 Å². The number of anilines is 1.